The third-order valence-electron chi connectivity index (χ3n) is 6.33. The quantitative estimate of drug-likeness (QED) is 0.288. The van der Waals surface area contributed by atoms with E-state index in [9.17, 15) is 0 Å². The predicted molar refractivity (Wildman–Crippen MR) is 132 cm³/mol. The van der Waals surface area contributed by atoms with Crippen molar-refractivity contribution in [2.45, 2.75) is 38.5 Å². The van der Waals surface area contributed by atoms with E-state index in [4.69, 9.17) is 9.99 Å². The van der Waals surface area contributed by atoms with Gasteiger partial charge in [-0.25, -0.2) is 0 Å². The zero-order valence-electron chi connectivity index (χ0n) is 18.8. The molecule has 3 atom stereocenters. The Kier molecular flexibility index (Phi) is 7.52. The normalized spacial score (nSPS) is 22.5. The first-order valence-electron chi connectivity index (χ1n) is 11.5. The van der Waals surface area contributed by atoms with E-state index in [0.29, 0.717) is 6.61 Å². The molecule has 1 aliphatic rings. The Hall–Kier alpha value is -3.17. The topological polar surface area (TPSA) is 24.8 Å². The Balaban J connectivity index is 1.71. The van der Waals surface area contributed by atoms with E-state index in [1.807, 2.05) is 24.3 Å². The number of oxime groups is 1. The maximum atomic E-state index is 5.90. The van der Waals surface area contributed by atoms with Crippen molar-refractivity contribution in [2.24, 2.45) is 11.1 Å². The second kappa shape index (κ2) is 10.9. The molecule has 1 aliphatic heterocycles. The lowest BCUT2D eigenvalue weighted by molar-refractivity contribution is 0.0888. The molecule has 3 aromatic carbocycles. The number of likely N-dealkylation sites (tertiary alicyclic amines) is 1. The first kappa shape index (κ1) is 22.0. The first-order valence-corrected chi connectivity index (χ1v) is 11.5. The summed E-state index contributed by atoms with van der Waals surface area (Å²) in [4.78, 5) is 8.49. The fourth-order valence-corrected chi connectivity index (χ4v) is 4.85. The van der Waals surface area contributed by atoms with Gasteiger partial charge in [0.15, 0.2) is 0 Å². The highest BCUT2D eigenvalue weighted by Gasteiger charge is 2.41. The van der Waals surface area contributed by atoms with Crippen molar-refractivity contribution in [3.8, 4) is 0 Å². The fraction of sp³-hybridized carbons (Fsp3) is 0.276. The van der Waals surface area contributed by atoms with Gasteiger partial charge < -0.3 is 4.84 Å². The molecule has 0 saturated carbocycles. The number of rotatable bonds is 8. The minimum Gasteiger partial charge on any atom is -0.391 e. The van der Waals surface area contributed by atoms with Gasteiger partial charge in [0.05, 0.1) is 5.71 Å². The van der Waals surface area contributed by atoms with E-state index in [-0.39, 0.29) is 18.0 Å². The lowest BCUT2D eigenvalue weighted by Gasteiger charge is -2.47. The summed E-state index contributed by atoms with van der Waals surface area (Å²) in [6.45, 7) is 7.64. The molecule has 0 N–H and O–H groups in total. The summed E-state index contributed by atoms with van der Waals surface area (Å²) in [5.41, 5.74) is 4.90. The Bertz CT molecular complexity index is 1000. The Morgan fingerprint density at radius 2 is 1.50 bits per heavy atom. The van der Waals surface area contributed by atoms with Crippen LogP contribution in [0, 0.1) is 5.92 Å². The maximum Gasteiger partial charge on any atom is 0.142 e. The van der Waals surface area contributed by atoms with Gasteiger partial charge in [-0.1, -0.05) is 109 Å². The number of hydrogen-bond donors (Lipinski definition) is 0. The molecule has 3 nitrogen and oxygen atoms in total. The average molecular weight is 425 g/mol. The minimum atomic E-state index is 0.220. The van der Waals surface area contributed by atoms with Crippen molar-refractivity contribution < 1.29 is 4.84 Å². The predicted octanol–water partition coefficient (Wildman–Crippen LogP) is 6.96. The van der Waals surface area contributed by atoms with Crippen molar-refractivity contribution in [2.75, 3.05) is 6.54 Å². The summed E-state index contributed by atoms with van der Waals surface area (Å²) < 4.78 is 0. The lowest BCUT2D eigenvalue weighted by atomic mass is 9.77. The zero-order valence-corrected chi connectivity index (χ0v) is 18.8. The van der Waals surface area contributed by atoms with E-state index in [1.54, 1.807) is 0 Å². The molecule has 0 radical (unpaired) electrons. The number of benzene rings is 3. The van der Waals surface area contributed by atoms with Gasteiger partial charge in [-0.05, 0) is 23.1 Å². The van der Waals surface area contributed by atoms with Gasteiger partial charge in [-0.2, -0.15) is 0 Å². The van der Waals surface area contributed by atoms with Gasteiger partial charge in [0.2, 0.25) is 0 Å². The molecular weight excluding hydrogens is 392 g/mol. The molecule has 0 bridgehead atoms. The van der Waals surface area contributed by atoms with Crippen LogP contribution >= 0.6 is 0 Å². The molecule has 0 aliphatic carbocycles. The monoisotopic (exact) mass is 424 g/mol. The molecule has 0 aromatic heterocycles. The largest absolute Gasteiger partial charge is 0.391 e. The Morgan fingerprint density at radius 3 is 2.09 bits per heavy atom. The molecule has 3 unspecified atom stereocenters. The van der Waals surface area contributed by atoms with Crippen LogP contribution in [0.5, 0.6) is 0 Å². The summed E-state index contributed by atoms with van der Waals surface area (Å²) in [6.07, 6.45) is 3.88. The molecule has 1 fully saturated rings. The number of hydrogen-bond acceptors (Lipinski definition) is 3. The smallest absolute Gasteiger partial charge is 0.142 e. The SMILES string of the molecule is C=CCN1C(c2ccccc2)C/C(=N\OCc2ccccc2)C(CC)C1c1ccccc1. The van der Waals surface area contributed by atoms with Crippen LogP contribution in [-0.2, 0) is 11.4 Å². The minimum absolute atomic E-state index is 0.220. The molecule has 32 heavy (non-hydrogen) atoms. The van der Waals surface area contributed by atoms with Crippen LogP contribution in [0.3, 0.4) is 0 Å². The molecule has 0 spiro atoms. The highest BCUT2D eigenvalue weighted by atomic mass is 16.6. The Morgan fingerprint density at radius 1 is 0.906 bits per heavy atom. The highest BCUT2D eigenvalue weighted by molar-refractivity contribution is 5.88. The van der Waals surface area contributed by atoms with Gasteiger partial charge in [-0.15, -0.1) is 6.58 Å². The summed E-state index contributed by atoms with van der Waals surface area (Å²) in [6, 6.07) is 32.2. The molecule has 164 valence electrons. The van der Waals surface area contributed by atoms with E-state index in [0.717, 1.165) is 30.7 Å². The van der Waals surface area contributed by atoms with Crippen LogP contribution in [0.4, 0.5) is 0 Å². The van der Waals surface area contributed by atoms with Crippen molar-refractivity contribution >= 4 is 5.71 Å². The number of nitrogens with zero attached hydrogens (tertiary/aromatic N) is 2. The van der Waals surface area contributed by atoms with Gasteiger partial charge in [0.25, 0.3) is 0 Å². The van der Waals surface area contributed by atoms with Crippen LogP contribution in [0.1, 0.15) is 48.5 Å². The van der Waals surface area contributed by atoms with Crippen molar-refractivity contribution in [1.29, 1.82) is 0 Å². The maximum absolute atomic E-state index is 5.90. The van der Waals surface area contributed by atoms with Crippen LogP contribution < -0.4 is 0 Å². The van der Waals surface area contributed by atoms with Crippen LogP contribution in [0.15, 0.2) is 109 Å². The van der Waals surface area contributed by atoms with E-state index in [1.165, 1.54) is 11.1 Å². The first-order chi connectivity index (χ1) is 15.8. The molecule has 0 amide bonds. The van der Waals surface area contributed by atoms with E-state index in [2.05, 4.69) is 91.2 Å². The Labute approximate surface area is 192 Å². The molecule has 1 heterocycles. The second-order valence-corrected chi connectivity index (χ2v) is 8.33. The van der Waals surface area contributed by atoms with Crippen LogP contribution in [0.2, 0.25) is 0 Å². The van der Waals surface area contributed by atoms with Crippen molar-refractivity contribution in [3.63, 3.8) is 0 Å². The lowest BCUT2D eigenvalue weighted by Crippen LogP contribution is -2.45. The van der Waals surface area contributed by atoms with E-state index >= 15 is 0 Å². The summed E-state index contributed by atoms with van der Waals surface area (Å²) >= 11 is 0. The van der Waals surface area contributed by atoms with Gasteiger partial charge in [0, 0.05) is 31.0 Å². The van der Waals surface area contributed by atoms with Gasteiger partial charge >= 0.3 is 0 Å². The molecule has 1 saturated heterocycles. The summed E-state index contributed by atoms with van der Waals surface area (Å²) in [5.74, 6) is 0.285. The highest BCUT2D eigenvalue weighted by Crippen LogP contribution is 2.45. The fourth-order valence-electron chi connectivity index (χ4n) is 4.85. The van der Waals surface area contributed by atoms with E-state index < -0.39 is 0 Å². The standard InChI is InChI=1S/C29H32N2O/c1-3-20-31-28(24-16-10-6-11-17-24)21-27(30-32-22-23-14-8-5-9-15-23)26(4-2)29(31)25-18-12-7-13-19-25/h3,5-19,26,28-29H,1,4,20-22H2,2H3/b30-27+. The van der Waals surface area contributed by atoms with Gasteiger partial charge in [0.1, 0.15) is 6.61 Å². The zero-order chi connectivity index (χ0) is 22.2. The molecule has 4 rings (SSSR count). The van der Waals surface area contributed by atoms with Crippen molar-refractivity contribution in [1.82, 2.24) is 4.90 Å². The second-order valence-electron chi connectivity index (χ2n) is 8.33. The number of piperidine rings is 1. The van der Waals surface area contributed by atoms with Crippen LogP contribution in [0.25, 0.3) is 0 Å². The van der Waals surface area contributed by atoms with Gasteiger partial charge in [-0.3, -0.25) is 4.90 Å². The molecule has 3 aromatic rings. The van der Waals surface area contributed by atoms with Crippen LogP contribution in [-0.4, -0.2) is 17.2 Å². The summed E-state index contributed by atoms with van der Waals surface area (Å²) in [5, 5.41) is 4.74. The average Bonchev–Trinajstić information content (AvgIpc) is 2.86. The summed E-state index contributed by atoms with van der Waals surface area (Å²) in [7, 11) is 0. The molecular formula is C29H32N2O. The van der Waals surface area contributed by atoms with Crippen molar-refractivity contribution in [3.05, 3.63) is 120 Å². The third kappa shape index (κ3) is 5.00. The molecule has 3 heteroatoms. The third-order valence-corrected chi connectivity index (χ3v) is 6.33.